The number of rotatable bonds is 9. The molecule has 2 N–H and O–H groups in total. The highest BCUT2D eigenvalue weighted by Gasteiger charge is 2.35. The van der Waals surface area contributed by atoms with E-state index in [0.717, 1.165) is 4.31 Å². The number of benzene rings is 1. The molecule has 1 fully saturated rings. The molecule has 1 saturated heterocycles. The highest BCUT2D eigenvalue weighted by molar-refractivity contribution is 7.89. The molecule has 208 valence electrons. The Morgan fingerprint density at radius 1 is 1.21 bits per heavy atom. The summed E-state index contributed by atoms with van der Waals surface area (Å²) in [5.41, 5.74) is 0.421. The van der Waals surface area contributed by atoms with Gasteiger partial charge in [-0.25, -0.2) is 13.4 Å². The van der Waals surface area contributed by atoms with Gasteiger partial charge in [-0.15, -0.1) is 0 Å². The second-order valence-electron chi connectivity index (χ2n) is 9.82. The quantitative estimate of drug-likeness (QED) is 0.409. The van der Waals surface area contributed by atoms with Crippen molar-refractivity contribution in [1.29, 1.82) is 0 Å². The van der Waals surface area contributed by atoms with Crippen molar-refractivity contribution in [1.82, 2.24) is 19.9 Å². The van der Waals surface area contributed by atoms with E-state index >= 15 is 0 Å². The first kappa shape index (κ1) is 28.2. The van der Waals surface area contributed by atoms with Crippen molar-refractivity contribution in [2.24, 2.45) is 5.92 Å². The molecular weight excluding hydrogens is 524 g/mol. The van der Waals surface area contributed by atoms with Gasteiger partial charge in [-0.1, -0.05) is 32.0 Å². The molecule has 2 amide bonds. The van der Waals surface area contributed by atoms with Crippen LogP contribution in [0.4, 0.5) is 0 Å². The number of furan rings is 1. The number of carbonyl (C=O) groups is 3. The van der Waals surface area contributed by atoms with E-state index in [1.165, 1.54) is 19.4 Å². The van der Waals surface area contributed by atoms with Crippen molar-refractivity contribution in [3.63, 3.8) is 0 Å². The summed E-state index contributed by atoms with van der Waals surface area (Å²) in [6.45, 7) is 3.57. The van der Waals surface area contributed by atoms with Gasteiger partial charge in [0.05, 0.1) is 19.7 Å². The van der Waals surface area contributed by atoms with Gasteiger partial charge < -0.3 is 19.8 Å². The Bertz CT molecular complexity index is 1450. The SMILES string of the molecule is COc1cccc2cc(C(=O)N[C@@H](CC(C)C)C(=O)NC3CCCN(S(=O)(=O)c4ccccn4)CC3=O)oc12. The third-order valence-corrected chi connectivity index (χ3v) is 8.22. The van der Waals surface area contributed by atoms with Gasteiger partial charge in [0.1, 0.15) is 6.04 Å². The molecular formula is C27H32N4O7S. The van der Waals surface area contributed by atoms with E-state index in [-0.39, 0.29) is 36.2 Å². The van der Waals surface area contributed by atoms with E-state index in [1.807, 2.05) is 13.8 Å². The van der Waals surface area contributed by atoms with Crippen molar-refractivity contribution >= 4 is 38.6 Å². The average Bonchev–Trinajstić information content (AvgIpc) is 3.27. The van der Waals surface area contributed by atoms with Gasteiger partial charge in [-0.2, -0.15) is 4.31 Å². The van der Waals surface area contributed by atoms with E-state index in [9.17, 15) is 22.8 Å². The van der Waals surface area contributed by atoms with E-state index in [2.05, 4.69) is 15.6 Å². The topological polar surface area (TPSA) is 148 Å². The Kier molecular flexibility index (Phi) is 8.66. The number of hydrogen-bond acceptors (Lipinski definition) is 8. The highest BCUT2D eigenvalue weighted by atomic mass is 32.2. The lowest BCUT2D eigenvalue weighted by Gasteiger charge is -2.23. The number of methoxy groups -OCH3 is 1. The molecule has 1 aliphatic heterocycles. The molecule has 0 spiro atoms. The number of sulfonamides is 1. The Balaban J connectivity index is 1.45. The van der Waals surface area contributed by atoms with Crippen LogP contribution in [-0.4, -0.2) is 67.6 Å². The largest absolute Gasteiger partial charge is 0.493 e. The number of Topliss-reactive ketones (excluding diaryl/α,β-unsaturated/α-hetero) is 1. The summed E-state index contributed by atoms with van der Waals surface area (Å²) in [6, 6.07) is 9.58. The number of fused-ring (bicyclic) bond motifs is 1. The summed E-state index contributed by atoms with van der Waals surface area (Å²) in [5.74, 6) is -0.968. The van der Waals surface area contributed by atoms with Crippen LogP contribution >= 0.6 is 0 Å². The number of ketones is 1. The smallest absolute Gasteiger partial charge is 0.287 e. The maximum atomic E-state index is 13.3. The van der Waals surface area contributed by atoms with Gasteiger partial charge in [0, 0.05) is 18.1 Å². The van der Waals surface area contributed by atoms with Crippen LogP contribution in [0.1, 0.15) is 43.7 Å². The first-order chi connectivity index (χ1) is 18.6. The zero-order chi connectivity index (χ0) is 28.2. The Morgan fingerprint density at radius 3 is 2.69 bits per heavy atom. The number of ether oxygens (including phenoxy) is 1. The average molecular weight is 557 g/mol. The normalized spacial score (nSPS) is 17.5. The highest BCUT2D eigenvalue weighted by Crippen LogP contribution is 2.28. The minimum Gasteiger partial charge on any atom is -0.493 e. The minimum atomic E-state index is -3.95. The second kappa shape index (κ2) is 12.0. The number of carbonyl (C=O) groups excluding carboxylic acids is 3. The number of amides is 2. The predicted octanol–water partition coefficient (Wildman–Crippen LogP) is 2.52. The molecule has 0 saturated carbocycles. The van der Waals surface area contributed by atoms with Gasteiger partial charge in [-0.05, 0) is 49.4 Å². The lowest BCUT2D eigenvalue weighted by Crippen LogP contribution is -2.52. The molecule has 2 atom stereocenters. The van der Waals surface area contributed by atoms with Crippen LogP contribution in [0.3, 0.4) is 0 Å². The minimum absolute atomic E-state index is 0.0250. The van der Waals surface area contributed by atoms with Gasteiger partial charge in [0.25, 0.3) is 15.9 Å². The van der Waals surface area contributed by atoms with Crippen molar-refractivity contribution in [2.45, 2.75) is 50.2 Å². The number of nitrogens with zero attached hydrogens (tertiary/aromatic N) is 2. The van der Waals surface area contributed by atoms with Crippen LogP contribution < -0.4 is 15.4 Å². The number of hydrogen-bond donors (Lipinski definition) is 2. The Labute approximate surface area is 227 Å². The van der Waals surface area contributed by atoms with Crippen molar-refractivity contribution in [2.75, 3.05) is 20.2 Å². The maximum absolute atomic E-state index is 13.3. The van der Waals surface area contributed by atoms with Crippen LogP contribution in [0.25, 0.3) is 11.0 Å². The van der Waals surface area contributed by atoms with Crippen LogP contribution in [0, 0.1) is 5.92 Å². The van der Waals surface area contributed by atoms with Crippen LogP contribution in [0.15, 0.2) is 58.1 Å². The summed E-state index contributed by atoms with van der Waals surface area (Å²) in [7, 11) is -2.45. The van der Waals surface area contributed by atoms with Crippen LogP contribution in [0.5, 0.6) is 5.75 Å². The second-order valence-corrected chi connectivity index (χ2v) is 11.7. The molecule has 39 heavy (non-hydrogen) atoms. The van der Waals surface area contributed by atoms with Crippen molar-refractivity contribution in [3.8, 4) is 5.75 Å². The molecule has 2 aromatic heterocycles. The molecule has 12 heteroatoms. The lowest BCUT2D eigenvalue weighted by molar-refractivity contribution is -0.129. The molecule has 1 aromatic carbocycles. The third kappa shape index (κ3) is 6.45. The lowest BCUT2D eigenvalue weighted by atomic mass is 10.0. The molecule has 1 unspecified atom stereocenters. The molecule has 0 aliphatic carbocycles. The third-order valence-electron chi connectivity index (χ3n) is 6.46. The van der Waals surface area contributed by atoms with Crippen molar-refractivity contribution in [3.05, 3.63) is 54.4 Å². The summed E-state index contributed by atoms with van der Waals surface area (Å²) in [4.78, 5) is 43.3. The summed E-state index contributed by atoms with van der Waals surface area (Å²) >= 11 is 0. The van der Waals surface area contributed by atoms with E-state index in [1.54, 1.807) is 36.4 Å². The fourth-order valence-electron chi connectivity index (χ4n) is 4.50. The molecule has 0 radical (unpaired) electrons. The molecule has 1 aliphatic rings. The standard InChI is InChI=1S/C27H32N4O7S/c1-17(2)14-20(30-27(34)23-15-18-8-6-10-22(37-3)25(18)38-23)26(33)29-19-9-7-13-31(16-21(19)32)39(35,36)24-11-4-5-12-28-24/h4-6,8,10-12,15,17,19-20H,7,9,13-14,16H2,1-3H3,(H,29,33)(H,30,34)/t19?,20-/m0/s1. The molecule has 3 aromatic rings. The van der Waals surface area contributed by atoms with Crippen LogP contribution in [0.2, 0.25) is 0 Å². The van der Waals surface area contributed by atoms with E-state index in [4.69, 9.17) is 9.15 Å². The first-order valence-corrected chi connectivity index (χ1v) is 14.2. The number of aromatic nitrogens is 1. The summed E-state index contributed by atoms with van der Waals surface area (Å²) in [5, 5.41) is 6.01. The number of nitrogens with one attached hydrogen (secondary N) is 2. The van der Waals surface area contributed by atoms with Crippen molar-refractivity contribution < 1.29 is 32.0 Å². The Morgan fingerprint density at radius 2 is 2.00 bits per heavy atom. The maximum Gasteiger partial charge on any atom is 0.287 e. The van der Waals surface area contributed by atoms with E-state index in [0.29, 0.717) is 29.6 Å². The molecule has 0 bridgehead atoms. The monoisotopic (exact) mass is 556 g/mol. The van der Waals surface area contributed by atoms with E-state index < -0.39 is 39.7 Å². The zero-order valence-corrected chi connectivity index (χ0v) is 22.9. The van der Waals surface area contributed by atoms with Gasteiger partial charge in [0.2, 0.25) is 5.91 Å². The molecule has 3 heterocycles. The first-order valence-electron chi connectivity index (χ1n) is 12.7. The fourth-order valence-corrected chi connectivity index (χ4v) is 5.87. The van der Waals surface area contributed by atoms with Crippen LogP contribution in [-0.2, 0) is 19.6 Å². The number of pyridine rings is 1. The summed E-state index contributed by atoms with van der Waals surface area (Å²) in [6.07, 6.45) is 2.33. The Hall–Kier alpha value is -3.77. The summed E-state index contributed by atoms with van der Waals surface area (Å²) < 4.78 is 38.0. The van der Waals surface area contributed by atoms with Gasteiger partial charge in [0.15, 0.2) is 27.9 Å². The molecule has 4 rings (SSSR count). The molecule has 11 nitrogen and oxygen atoms in total. The zero-order valence-electron chi connectivity index (χ0n) is 22.0. The predicted molar refractivity (Wildman–Crippen MR) is 143 cm³/mol. The van der Waals surface area contributed by atoms with Gasteiger partial charge in [-0.3, -0.25) is 14.4 Å². The van der Waals surface area contributed by atoms with Gasteiger partial charge >= 0.3 is 0 Å². The number of para-hydroxylation sites is 1. The fraction of sp³-hybridized carbons (Fsp3) is 0.407.